The third-order valence-electron chi connectivity index (χ3n) is 3.86. The zero-order chi connectivity index (χ0) is 15.5. The lowest BCUT2D eigenvalue weighted by molar-refractivity contribution is -0.145. The molecule has 1 saturated carbocycles. The van der Waals surface area contributed by atoms with E-state index < -0.39 is 0 Å². The van der Waals surface area contributed by atoms with Gasteiger partial charge in [-0.3, -0.25) is 0 Å². The number of halogens is 1. The second-order valence-corrected chi connectivity index (χ2v) is 6.37. The molecule has 1 fully saturated rings. The van der Waals surface area contributed by atoms with E-state index in [1.165, 1.54) is 5.56 Å². The Hall–Kier alpha value is -1.94. The van der Waals surface area contributed by atoms with Crippen LogP contribution in [0.15, 0.2) is 64.2 Å². The van der Waals surface area contributed by atoms with Gasteiger partial charge in [-0.1, -0.05) is 63.6 Å². The molecule has 0 aromatic heterocycles. The summed E-state index contributed by atoms with van der Waals surface area (Å²) in [7, 11) is 0. The van der Waals surface area contributed by atoms with Crippen molar-refractivity contribution < 1.29 is 9.63 Å². The Morgan fingerprint density at radius 1 is 1.14 bits per heavy atom. The lowest BCUT2D eigenvalue weighted by Gasteiger charge is -2.02. The van der Waals surface area contributed by atoms with Gasteiger partial charge in [0.15, 0.2) is 0 Å². The van der Waals surface area contributed by atoms with E-state index >= 15 is 0 Å². The van der Waals surface area contributed by atoms with E-state index in [0.29, 0.717) is 5.71 Å². The molecule has 0 radical (unpaired) electrons. The lowest BCUT2D eigenvalue weighted by atomic mass is 10.1. The second-order valence-electron chi connectivity index (χ2n) is 5.45. The van der Waals surface area contributed by atoms with Gasteiger partial charge in [0.1, 0.15) is 0 Å². The van der Waals surface area contributed by atoms with Gasteiger partial charge >= 0.3 is 5.97 Å². The van der Waals surface area contributed by atoms with Crippen LogP contribution in [0.2, 0.25) is 0 Å². The molecule has 112 valence electrons. The van der Waals surface area contributed by atoms with Gasteiger partial charge in [0.25, 0.3) is 0 Å². The fourth-order valence-electron chi connectivity index (χ4n) is 2.45. The highest BCUT2D eigenvalue weighted by molar-refractivity contribution is 9.10. The fraction of sp³-hybridized carbons (Fsp3) is 0.222. The highest BCUT2D eigenvalue weighted by Gasteiger charge is 2.45. The Morgan fingerprint density at radius 2 is 1.82 bits per heavy atom. The smallest absolute Gasteiger partial charge is 0.318 e. The van der Waals surface area contributed by atoms with Gasteiger partial charge in [0.05, 0.1) is 11.6 Å². The van der Waals surface area contributed by atoms with Crippen LogP contribution in [0.1, 0.15) is 30.4 Å². The number of benzene rings is 2. The summed E-state index contributed by atoms with van der Waals surface area (Å²) >= 11 is 3.39. The lowest BCUT2D eigenvalue weighted by Crippen LogP contribution is -2.06. The highest BCUT2D eigenvalue weighted by Crippen LogP contribution is 2.48. The van der Waals surface area contributed by atoms with Crippen molar-refractivity contribution in [2.45, 2.75) is 19.3 Å². The Morgan fingerprint density at radius 3 is 2.50 bits per heavy atom. The molecule has 4 heteroatoms. The standard InChI is InChI=1S/C18H16BrNO2/c1-12(13-7-9-15(19)10-8-13)20-22-18(21)17-11-16(17)14-5-3-2-4-6-14/h2-10,16-17H,11H2,1H3/b20-12+. The van der Waals surface area contributed by atoms with Crippen molar-refractivity contribution in [3.63, 3.8) is 0 Å². The van der Waals surface area contributed by atoms with Crippen LogP contribution in [0.25, 0.3) is 0 Å². The van der Waals surface area contributed by atoms with Crippen molar-refractivity contribution >= 4 is 27.6 Å². The SMILES string of the molecule is C/C(=N\OC(=O)C1CC1c1ccccc1)c1ccc(Br)cc1. The molecule has 3 rings (SSSR count). The first-order chi connectivity index (χ1) is 10.6. The molecular formula is C18H16BrNO2. The summed E-state index contributed by atoms with van der Waals surface area (Å²) in [6.45, 7) is 1.83. The summed E-state index contributed by atoms with van der Waals surface area (Å²) in [5.41, 5.74) is 2.82. The van der Waals surface area contributed by atoms with E-state index in [1.54, 1.807) is 0 Å². The minimum atomic E-state index is -0.245. The first-order valence-corrected chi connectivity index (χ1v) is 8.01. The van der Waals surface area contributed by atoms with Crippen molar-refractivity contribution in [3.05, 3.63) is 70.2 Å². The largest absolute Gasteiger partial charge is 0.338 e. The minimum absolute atomic E-state index is 0.0659. The molecule has 1 aliphatic carbocycles. The Labute approximate surface area is 138 Å². The summed E-state index contributed by atoms with van der Waals surface area (Å²) in [6, 6.07) is 17.8. The topological polar surface area (TPSA) is 38.7 Å². The summed E-state index contributed by atoms with van der Waals surface area (Å²) in [6.07, 6.45) is 0.843. The zero-order valence-corrected chi connectivity index (χ0v) is 13.8. The van der Waals surface area contributed by atoms with Crippen LogP contribution >= 0.6 is 15.9 Å². The molecular weight excluding hydrogens is 342 g/mol. The molecule has 0 spiro atoms. The second kappa shape index (κ2) is 6.44. The van der Waals surface area contributed by atoms with Crippen LogP contribution in [-0.4, -0.2) is 11.7 Å². The number of oxime groups is 1. The Kier molecular flexibility index (Phi) is 4.39. The van der Waals surface area contributed by atoms with Crippen LogP contribution in [0, 0.1) is 5.92 Å². The first-order valence-electron chi connectivity index (χ1n) is 7.21. The maximum Gasteiger partial charge on any atom is 0.338 e. The molecule has 0 aliphatic heterocycles. The molecule has 22 heavy (non-hydrogen) atoms. The molecule has 0 amide bonds. The van der Waals surface area contributed by atoms with Crippen molar-refractivity contribution in [2.75, 3.05) is 0 Å². The van der Waals surface area contributed by atoms with Crippen LogP contribution in [0.4, 0.5) is 0 Å². The van der Waals surface area contributed by atoms with E-state index in [-0.39, 0.29) is 17.8 Å². The van der Waals surface area contributed by atoms with Crippen molar-refractivity contribution in [1.82, 2.24) is 0 Å². The average molecular weight is 358 g/mol. The molecule has 0 saturated heterocycles. The van der Waals surface area contributed by atoms with Crippen LogP contribution in [-0.2, 0) is 9.63 Å². The van der Waals surface area contributed by atoms with Crippen molar-refractivity contribution in [2.24, 2.45) is 11.1 Å². The normalized spacial score (nSPS) is 20.5. The molecule has 3 nitrogen and oxygen atoms in total. The van der Waals surface area contributed by atoms with Gasteiger partial charge in [-0.15, -0.1) is 0 Å². The van der Waals surface area contributed by atoms with Gasteiger partial charge in [-0.2, -0.15) is 0 Å². The number of nitrogens with zero attached hydrogens (tertiary/aromatic N) is 1. The summed E-state index contributed by atoms with van der Waals surface area (Å²) in [5.74, 6) is -0.0360. The Balaban J connectivity index is 1.59. The van der Waals surface area contributed by atoms with E-state index in [4.69, 9.17) is 4.84 Å². The van der Waals surface area contributed by atoms with Gasteiger partial charge in [-0.25, -0.2) is 4.79 Å². The van der Waals surface area contributed by atoms with Gasteiger partial charge in [0, 0.05) is 4.47 Å². The minimum Gasteiger partial charge on any atom is -0.318 e. The highest BCUT2D eigenvalue weighted by atomic mass is 79.9. The average Bonchev–Trinajstić information content (AvgIpc) is 3.34. The molecule has 1 aliphatic rings. The summed E-state index contributed by atoms with van der Waals surface area (Å²) in [4.78, 5) is 17.1. The van der Waals surface area contributed by atoms with Gasteiger partial charge in [0.2, 0.25) is 0 Å². The number of carbonyl (C=O) groups excluding carboxylic acids is 1. The molecule has 0 N–H and O–H groups in total. The van der Waals surface area contributed by atoms with E-state index in [1.807, 2.05) is 61.5 Å². The summed E-state index contributed by atoms with van der Waals surface area (Å²) in [5, 5.41) is 3.97. The van der Waals surface area contributed by atoms with Crippen LogP contribution < -0.4 is 0 Å². The predicted molar refractivity (Wildman–Crippen MR) is 89.7 cm³/mol. The number of hydrogen-bond acceptors (Lipinski definition) is 3. The van der Waals surface area contributed by atoms with E-state index in [0.717, 1.165) is 16.5 Å². The molecule has 0 heterocycles. The maximum absolute atomic E-state index is 12.0. The third-order valence-corrected chi connectivity index (χ3v) is 4.38. The Bertz CT molecular complexity index is 695. The molecule has 2 unspecified atom stereocenters. The number of hydrogen-bond donors (Lipinski definition) is 0. The quantitative estimate of drug-likeness (QED) is 0.458. The van der Waals surface area contributed by atoms with Crippen LogP contribution in [0.5, 0.6) is 0 Å². The molecule has 2 aromatic rings. The van der Waals surface area contributed by atoms with Gasteiger partial charge < -0.3 is 4.84 Å². The first kappa shape index (κ1) is 15.0. The van der Waals surface area contributed by atoms with Crippen LogP contribution in [0.3, 0.4) is 0 Å². The molecule has 2 atom stereocenters. The van der Waals surface area contributed by atoms with Crippen molar-refractivity contribution in [3.8, 4) is 0 Å². The fourth-order valence-corrected chi connectivity index (χ4v) is 2.71. The summed E-state index contributed by atoms with van der Waals surface area (Å²) < 4.78 is 1.00. The maximum atomic E-state index is 12.0. The monoisotopic (exact) mass is 357 g/mol. The predicted octanol–water partition coefficient (Wildman–Crippen LogP) is 4.52. The number of rotatable bonds is 4. The van der Waals surface area contributed by atoms with E-state index in [9.17, 15) is 4.79 Å². The van der Waals surface area contributed by atoms with Crippen molar-refractivity contribution in [1.29, 1.82) is 0 Å². The van der Waals surface area contributed by atoms with Gasteiger partial charge in [-0.05, 0) is 42.5 Å². The molecule has 2 aromatic carbocycles. The zero-order valence-electron chi connectivity index (χ0n) is 12.2. The third kappa shape index (κ3) is 3.45. The number of carbonyl (C=O) groups is 1. The van der Waals surface area contributed by atoms with E-state index in [2.05, 4.69) is 21.1 Å². The molecule has 0 bridgehead atoms.